The van der Waals surface area contributed by atoms with Crippen LogP contribution in [0.15, 0.2) is 24.3 Å². The third kappa shape index (κ3) is 5.48. The smallest absolute Gasteiger partial charge is 0.243 e. The summed E-state index contributed by atoms with van der Waals surface area (Å²) in [5, 5.41) is 3.08. The number of nitrogens with one attached hydrogen (secondary N) is 1. The van der Waals surface area contributed by atoms with E-state index in [-0.39, 0.29) is 23.9 Å². The Kier molecular flexibility index (Phi) is 7.29. The van der Waals surface area contributed by atoms with Gasteiger partial charge in [-0.05, 0) is 56.7 Å². The van der Waals surface area contributed by atoms with Gasteiger partial charge in [-0.15, -0.1) is 0 Å². The highest BCUT2D eigenvalue weighted by atomic mass is 16.5. The fourth-order valence-electron chi connectivity index (χ4n) is 3.28. The summed E-state index contributed by atoms with van der Waals surface area (Å²) in [6.45, 7) is 4.72. The molecule has 2 rings (SSSR count). The summed E-state index contributed by atoms with van der Waals surface area (Å²) in [7, 11) is 1.66. The first-order valence-corrected chi connectivity index (χ1v) is 9.28. The average Bonchev–Trinajstić information content (AvgIpc) is 3.10. The first-order chi connectivity index (χ1) is 12.0. The highest BCUT2D eigenvalue weighted by Gasteiger charge is 2.33. The SMILES string of the molecule is CCCC(=O)N1CCC[C@@H]1C(=O)N[C@@H](C)CCc1ccc(OC)cc1. The van der Waals surface area contributed by atoms with Crippen LogP contribution in [-0.4, -0.2) is 42.5 Å². The molecule has 0 aromatic heterocycles. The second kappa shape index (κ2) is 9.44. The van der Waals surface area contributed by atoms with Gasteiger partial charge in [0.05, 0.1) is 7.11 Å². The van der Waals surface area contributed by atoms with E-state index < -0.39 is 0 Å². The van der Waals surface area contributed by atoms with E-state index in [0.717, 1.165) is 37.9 Å². The van der Waals surface area contributed by atoms with Gasteiger partial charge in [-0.2, -0.15) is 0 Å². The van der Waals surface area contributed by atoms with Crippen molar-refractivity contribution in [3.05, 3.63) is 29.8 Å². The van der Waals surface area contributed by atoms with E-state index in [2.05, 4.69) is 17.4 Å². The van der Waals surface area contributed by atoms with E-state index >= 15 is 0 Å². The average molecular weight is 346 g/mol. The molecule has 25 heavy (non-hydrogen) atoms. The molecule has 0 aliphatic carbocycles. The van der Waals surface area contributed by atoms with Crippen molar-refractivity contribution in [2.24, 2.45) is 0 Å². The molecule has 5 nitrogen and oxygen atoms in total. The molecule has 2 atom stereocenters. The lowest BCUT2D eigenvalue weighted by atomic mass is 10.1. The molecule has 138 valence electrons. The molecule has 1 aliphatic heterocycles. The standard InChI is InChI=1S/C20H30N2O3/c1-4-6-19(23)22-14-5-7-18(22)20(24)21-15(2)8-9-16-10-12-17(25-3)13-11-16/h10-13,15,18H,4-9,14H2,1-3H3,(H,21,24)/t15-,18+/m0/s1. The molecule has 0 spiro atoms. The summed E-state index contributed by atoms with van der Waals surface area (Å²) in [6.07, 6.45) is 4.79. The van der Waals surface area contributed by atoms with Crippen LogP contribution in [0.2, 0.25) is 0 Å². The van der Waals surface area contributed by atoms with Gasteiger partial charge in [0.1, 0.15) is 11.8 Å². The Morgan fingerprint density at radius 1 is 1.32 bits per heavy atom. The Labute approximate surface area is 150 Å². The summed E-state index contributed by atoms with van der Waals surface area (Å²) in [6, 6.07) is 7.80. The van der Waals surface area contributed by atoms with Crippen molar-refractivity contribution >= 4 is 11.8 Å². The van der Waals surface area contributed by atoms with E-state index in [1.54, 1.807) is 12.0 Å². The number of likely N-dealkylation sites (tertiary alicyclic amines) is 1. The van der Waals surface area contributed by atoms with Gasteiger partial charge in [0.15, 0.2) is 0 Å². The number of hydrogen-bond donors (Lipinski definition) is 1. The van der Waals surface area contributed by atoms with Crippen LogP contribution in [0.4, 0.5) is 0 Å². The van der Waals surface area contributed by atoms with E-state index in [9.17, 15) is 9.59 Å². The van der Waals surface area contributed by atoms with Crippen molar-refractivity contribution in [1.29, 1.82) is 0 Å². The largest absolute Gasteiger partial charge is 0.497 e. The third-order valence-electron chi connectivity index (χ3n) is 4.75. The van der Waals surface area contributed by atoms with Gasteiger partial charge < -0.3 is 15.0 Å². The topological polar surface area (TPSA) is 58.6 Å². The second-order valence-electron chi connectivity index (χ2n) is 6.79. The zero-order valence-electron chi connectivity index (χ0n) is 15.6. The maximum absolute atomic E-state index is 12.5. The first kappa shape index (κ1) is 19.3. The van der Waals surface area contributed by atoms with Gasteiger partial charge in [0, 0.05) is 19.0 Å². The fraction of sp³-hybridized carbons (Fsp3) is 0.600. The van der Waals surface area contributed by atoms with Crippen molar-refractivity contribution < 1.29 is 14.3 Å². The maximum atomic E-state index is 12.5. The summed E-state index contributed by atoms with van der Waals surface area (Å²) < 4.78 is 5.16. The number of benzene rings is 1. The van der Waals surface area contributed by atoms with Gasteiger partial charge in [0.2, 0.25) is 11.8 Å². The van der Waals surface area contributed by atoms with Gasteiger partial charge >= 0.3 is 0 Å². The van der Waals surface area contributed by atoms with Gasteiger partial charge in [0.25, 0.3) is 0 Å². The molecular weight excluding hydrogens is 316 g/mol. The summed E-state index contributed by atoms with van der Waals surface area (Å²) in [5.74, 6) is 0.943. The monoisotopic (exact) mass is 346 g/mol. The number of amides is 2. The minimum atomic E-state index is -0.289. The van der Waals surface area contributed by atoms with Crippen molar-refractivity contribution in [2.75, 3.05) is 13.7 Å². The number of aryl methyl sites for hydroxylation is 1. The Morgan fingerprint density at radius 3 is 2.68 bits per heavy atom. The predicted molar refractivity (Wildman–Crippen MR) is 98.6 cm³/mol. The molecule has 0 bridgehead atoms. The third-order valence-corrected chi connectivity index (χ3v) is 4.75. The Morgan fingerprint density at radius 2 is 2.04 bits per heavy atom. The van der Waals surface area contributed by atoms with Crippen LogP contribution in [0.25, 0.3) is 0 Å². The van der Waals surface area contributed by atoms with Crippen LogP contribution in [0.5, 0.6) is 5.75 Å². The number of carbonyl (C=O) groups excluding carboxylic acids is 2. The lowest BCUT2D eigenvalue weighted by molar-refractivity contribution is -0.138. The van der Waals surface area contributed by atoms with Gasteiger partial charge in [-0.1, -0.05) is 19.1 Å². The number of hydrogen-bond acceptors (Lipinski definition) is 3. The molecule has 1 fully saturated rings. The first-order valence-electron chi connectivity index (χ1n) is 9.28. The van der Waals surface area contributed by atoms with Crippen molar-refractivity contribution in [3.63, 3.8) is 0 Å². The van der Waals surface area contributed by atoms with E-state index in [4.69, 9.17) is 4.74 Å². The van der Waals surface area contributed by atoms with Crippen LogP contribution >= 0.6 is 0 Å². The number of rotatable bonds is 8. The minimum absolute atomic E-state index is 0.0100. The van der Waals surface area contributed by atoms with Crippen molar-refractivity contribution in [3.8, 4) is 5.75 Å². The Balaban J connectivity index is 1.81. The highest BCUT2D eigenvalue weighted by molar-refractivity contribution is 5.88. The molecule has 1 aromatic carbocycles. The fourth-order valence-corrected chi connectivity index (χ4v) is 3.28. The van der Waals surface area contributed by atoms with Gasteiger partial charge in [-0.3, -0.25) is 9.59 Å². The molecule has 1 saturated heterocycles. The number of nitrogens with zero attached hydrogens (tertiary/aromatic N) is 1. The molecule has 5 heteroatoms. The molecule has 1 N–H and O–H groups in total. The molecule has 1 aliphatic rings. The normalized spacial score (nSPS) is 18.0. The number of methoxy groups -OCH3 is 1. The van der Waals surface area contributed by atoms with Gasteiger partial charge in [-0.25, -0.2) is 0 Å². The minimum Gasteiger partial charge on any atom is -0.497 e. The zero-order chi connectivity index (χ0) is 18.2. The van der Waals surface area contributed by atoms with Crippen molar-refractivity contribution in [1.82, 2.24) is 10.2 Å². The highest BCUT2D eigenvalue weighted by Crippen LogP contribution is 2.19. The van der Waals surface area contributed by atoms with Crippen LogP contribution in [-0.2, 0) is 16.0 Å². The molecule has 1 heterocycles. The maximum Gasteiger partial charge on any atom is 0.243 e. The zero-order valence-corrected chi connectivity index (χ0v) is 15.6. The molecule has 2 amide bonds. The lowest BCUT2D eigenvalue weighted by Crippen LogP contribution is -2.48. The molecule has 1 aromatic rings. The van der Waals surface area contributed by atoms with E-state index in [0.29, 0.717) is 13.0 Å². The summed E-state index contributed by atoms with van der Waals surface area (Å²) in [4.78, 5) is 26.5. The quantitative estimate of drug-likeness (QED) is 0.787. The summed E-state index contributed by atoms with van der Waals surface area (Å²) in [5.41, 5.74) is 1.22. The lowest BCUT2D eigenvalue weighted by Gasteiger charge is -2.25. The molecule has 0 unspecified atom stereocenters. The molecule has 0 saturated carbocycles. The van der Waals surface area contributed by atoms with Crippen LogP contribution in [0.1, 0.15) is 51.5 Å². The van der Waals surface area contributed by atoms with Crippen LogP contribution in [0, 0.1) is 0 Å². The summed E-state index contributed by atoms with van der Waals surface area (Å²) >= 11 is 0. The Hall–Kier alpha value is -2.04. The van der Waals surface area contributed by atoms with Crippen LogP contribution in [0.3, 0.4) is 0 Å². The number of ether oxygens (including phenoxy) is 1. The second-order valence-corrected chi connectivity index (χ2v) is 6.79. The molecule has 0 radical (unpaired) electrons. The van der Waals surface area contributed by atoms with Crippen molar-refractivity contribution in [2.45, 2.75) is 64.5 Å². The Bertz CT molecular complexity index is 571. The van der Waals surface area contributed by atoms with E-state index in [1.165, 1.54) is 5.56 Å². The van der Waals surface area contributed by atoms with E-state index in [1.807, 2.05) is 26.0 Å². The number of carbonyl (C=O) groups is 2. The molecular formula is C20H30N2O3. The predicted octanol–water partition coefficient (Wildman–Crippen LogP) is 2.92. The van der Waals surface area contributed by atoms with Crippen LogP contribution < -0.4 is 10.1 Å².